The molecular formula is C35H46BrN3O7. The number of amides is 3. The minimum Gasteiger partial charge on any atom is -0.455 e. The fourth-order valence-electron chi connectivity index (χ4n) is 7.33. The Morgan fingerprint density at radius 2 is 1.74 bits per heavy atom. The van der Waals surface area contributed by atoms with Gasteiger partial charge in [0.15, 0.2) is 0 Å². The lowest BCUT2D eigenvalue weighted by atomic mass is 9.74. The van der Waals surface area contributed by atoms with E-state index in [0.29, 0.717) is 55.4 Å². The Balaban J connectivity index is 1.56. The van der Waals surface area contributed by atoms with Crippen LogP contribution in [0.5, 0.6) is 0 Å². The molecule has 4 heterocycles. The molecule has 1 aromatic rings. The molecule has 4 aliphatic heterocycles. The van der Waals surface area contributed by atoms with Crippen LogP contribution in [-0.4, -0.2) is 88.6 Å². The van der Waals surface area contributed by atoms with E-state index in [1.807, 2.05) is 48.6 Å². The summed E-state index contributed by atoms with van der Waals surface area (Å²) in [6, 6.07) is 7.75. The van der Waals surface area contributed by atoms with Crippen molar-refractivity contribution in [2.24, 2.45) is 11.8 Å². The maximum absolute atomic E-state index is 14.6. The van der Waals surface area contributed by atoms with E-state index < -0.39 is 47.7 Å². The third kappa shape index (κ3) is 6.82. The number of ether oxygens (including phenoxy) is 2. The fraction of sp³-hybridized carbons (Fsp3) is 0.600. The molecular weight excluding hydrogens is 654 g/mol. The number of rotatable bonds is 10. The van der Waals surface area contributed by atoms with Crippen LogP contribution in [0.4, 0.5) is 0 Å². The number of allylic oxidation sites excluding steroid dienone is 1. The molecule has 250 valence electrons. The lowest BCUT2D eigenvalue weighted by Crippen LogP contribution is -2.56. The van der Waals surface area contributed by atoms with E-state index >= 15 is 0 Å². The molecule has 2 N–H and O–H groups in total. The minimum absolute atomic E-state index is 0.0518. The first-order valence-corrected chi connectivity index (χ1v) is 17.5. The Kier molecular flexibility index (Phi) is 11.4. The van der Waals surface area contributed by atoms with Gasteiger partial charge >= 0.3 is 5.97 Å². The molecule has 5 bridgehead atoms. The summed E-state index contributed by atoms with van der Waals surface area (Å²) in [5, 5.41) is 12.3. The standard InChI is InChI=1S/C35H46BrN3O7/c1-3-4-11-18-38-19-12-6-10-17-26(41)37-23(2)29(24-15-8-5-9-16-24)45-34(44)27-28-32(42)39(20-13-7-14-21-40)31(33(38)43)35(28)22-25(36)30(27)46-35/h5-6,8-9,12,15-16,22-23,27-31,40H,3-4,7,10-11,13-14,17-21H2,1-2H3,(H,37,41)/b12-6-/t23-,27+,28-,29+,30+,31+,35-/m0/s1. The van der Waals surface area contributed by atoms with Gasteiger partial charge in [-0.05, 0) is 50.7 Å². The van der Waals surface area contributed by atoms with E-state index in [-0.39, 0.29) is 30.7 Å². The molecule has 2 fully saturated rings. The summed E-state index contributed by atoms with van der Waals surface area (Å²) < 4.78 is 13.5. The molecule has 4 aliphatic rings. The van der Waals surface area contributed by atoms with Crippen molar-refractivity contribution < 1.29 is 33.8 Å². The molecule has 46 heavy (non-hydrogen) atoms. The lowest BCUT2D eigenvalue weighted by Gasteiger charge is -2.36. The predicted octanol–water partition coefficient (Wildman–Crippen LogP) is 4.18. The number of nitrogens with zero attached hydrogens (tertiary/aromatic N) is 2. The summed E-state index contributed by atoms with van der Waals surface area (Å²) in [5.41, 5.74) is -0.616. The van der Waals surface area contributed by atoms with Gasteiger partial charge in [0.25, 0.3) is 0 Å². The summed E-state index contributed by atoms with van der Waals surface area (Å²) in [5.74, 6) is -3.22. The minimum atomic E-state index is -1.33. The number of fused-ring (bicyclic) bond motifs is 2. The molecule has 2 saturated heterocycles. The zero-order valence-corrected chi connectivity index (χ0v) is 28.3. The number of cyclic esters (lactones) is 1. The van der Waals surface area contributed by atoms with Crippen LogP contribution in [0.25, 0.3) is 0 Å². The number of unbranched alkanes of at least 4 members (excludes halogenated alkanes) is 4. The maximum atomic E-state index is 14.6. The molecule has 7 atom stereocenters. The number of hydrogen-bond acceptors (Lipinski definition) is 7. The van der Waals surface area contributed by atoms with Crippen LogP contribution in [-0.2, 0) is 28.7 Å². The highest BCUT2D eigenvalue weighted by Gasteiger charge is 2.74. The smallest absolute Gasteiger partial charge is 0.313 e. The highest BCUT2D eigenvalue weighted by molar-refractivity contribution is 9.11. The number of esters is 1. The van der Waals surface area contributed by atoms with Crippen LogP contribution in [0.2, 0.25) is 0 Å². The van der Waals surface area contributed by atoms with Gasteiger partial charge in [0, 0.05) is 37.1 Å². The summed E-state index contributed by atoms with van der Waals surface area (Å²) in [6.07, 6.45) is 9.45. The quantitative estimate of drug-likeness (QED) is 0.213. The van der Waals surface area contributed by atoms with Crippen LogP contribution in [0.1, 0.15) is 76.9 Å². The van der Waals surface area contributed by atoms with Gasteiger partial charge in [-0.3, -0.25) is 19.2 Å². The van der Waals surface area contributed by atoms with Gasteiger partial charge in [-0.15, -0.1) is 0 Å². The van der Waals surface area contributed by atoms with Gasteiger partial charge in [0.05, 0.1) is 12.0 Å². The van der Waals surface area contributed by atoms with Crippen LogP contribution < -0.4 is 5.32 Å². The second kappa shape index (κ2) is 15.3. The second-order valence-corrected chi connectivity index (χ2v) is 13.7. The second-order valence-electron chi connectivity index (χ2n) is 12.8. The van der Waals surface area contributed by atoms with Crippen LogP contribution in [0.15, 0.2) is 53.0 Å². The van der Waals surface area contributed by atoms with Gasteiger partial charge in [-0.2, -0.15) is 0 Å². The molecule has 1 aromatic carbocycles. The van der Waals surface area contributed by atoms with Crippen molar-refractivity contribution in [3.63, 3.8) is 0 Å². The molecule has 0 aromatic heterocycles. The summed E-state index contributed by atoms with van der Waals surface area (Å²) in [7, 11) is 0. The van der Waals surface area contributed by atoms with E-state index in [0.717, 1.165) is 19.3 Å². The number of aliphatic hydroxyl groups is 1. The van der Waals surface area contributed by atoms with Crippen molar-refractivity contribution in [2.75, 3.05) is 26.2 Å². The molecule has 0 aliphatic carbocycles. The molecule has 0 unspecified atom stereocenters. The molecule has 5 rings (SSSR count). The molecule has 10 nitrogen and oxygen atoms in total. The number of hydrogen-bond donors (Lipinski definition) is 2. The first-order valence-electron chi connectivity index (χ1n) is 16.7. The van der Waals surface area contributed by atoms with Crippen LogP contribution >= 0.6 is 15.9 Å². The Morgan fingerprint density at radius 1 is 0.978 bits per heavy atom. The van der Waals surface area contributed by atoms with Gasteiger partial charge < -0.3 is 29.7 Å². The van der Waals surface area contributed by atoms with E-state index in [4.69, 9.17) is 9.47 Å². The van der Waals surface area contributed by atoms with Crippen LogP contribution in [0, 0.1) is 11.8 Å². The maximum Gasteiger partial charge on any atom is 0.313 e. The monoisotopic (exact) mass is 699 g/mol. The normalized spacial score (nSPS) is 32.3. The average molecular weight is 701 g/mol. The number of halogens is 1. The summed E-state index contributed by atoms with van der Waals surface area (Å²) in [6.45, 7) is 5.11. The molecule has 0 radical (unpaired) electrons. The van der Waals surface area contributed by atoms with E-state index in [1.54, 1.807) is 16.7 Å². The largest absolute Gasteiger partial charge is 0.455 e. The van der Waals surface area contributed by atoms with Gasteiger partial charge in [-0.1, -0.05) is 78.2 Å². The fourth-order valence-corrected chi connectivity index (χ4v) is 8.07. The van der Waals surface area contributed by atoms with Gasteiger partial charge in [0.2, 0.25) is 17.7 Å². The number of carbonyl (C=O) groups excluding carboxylic acids is 4. The Hall–Kier alpha value is -3.02. The molecule has 3 amide bonds. The third-order valence-electron chi connectivity index (χ3n) is 9.58. The Labute approximate surface area is 279 Å². The van der Waals surface area contributed by atoms with Crippen molar-refractivity contribution in [3.8, 4) is 0 Å². The summed E-state index contributed by atoms with van der Waals surface area (Å²) >= 11 is 3.61. The number of benzene rings is 1. The third-order valence-corrected chi connectivity index (χ3v) is 10.3. The van der Waals surface area contributed by atoms with Gasteiger partial charge in [0.1, 0.15) is 29.8 Å². The average Bonchev–Trinajstić information content (AvgIpc) is 3.63. The number of aliphatic hydroxyl groups excluding tert-OH is 1. The predicted molar refractivity (Wildman–Crippen MR) is 175 cm³/mol. The van der Waals surface area contributed by atoms with Crippen LogP contribution in [0.3, 0.4) is 0 Å². The van der Waals surface area contributed by atoms with Crippen molar-refractivity contribution >= 4 is 39.6 Å². The van der Waals surface area contributed by atoms with Crippen molar-refractivity contribution in [2.45, 2.75) is 95.1 Å². The Morgan fingerprint density at radius 3 is 2.48 bits per heavy atom. The van der Waals surface area contributed by atoms with E-state index in [9.17, 15) is 24.3 Å². The first-order chi connectivity index (χ1) is 22.2. The molecule has 11 heteroatoms. The van der Waals surface area contributed by atoms with E-state index in [2.05, 4.69) is 28.2 Å². The number of nitrogens with one attached hydrogen (secondary N) is 1. The van der Waals surface area contributed by atoms with Gasteiger partial charge in [-0.25, -0.2) is 0 Å². The molecule has 1 spiro atoms. The number of carbonyl (C=O) groups is 4. The zero-order chi connectivity index (χ0) is 32.8. The lowest BCUT2D eigenvalue weighted by molar-refractivity contribution is -0.161. The highest BCUT2D eigenvalue weighted by atomic mass is 79.9. The topological polar surface area (TPSA) is 125 Å². The molecule has 0 saturated carbocycles. The van der Waals surface area contributed by atoms with E-state index in [1.165, 1.54) is 0 Å². The highest BCUT2D eigenvalue weighted by Crippen LogP contribution is 2.59. The van der Waals surface area contributed by atoms with Crippen molar-refractivity contribution in [1.29, 1.82) is 0 Å². The van der Waals surface area contributed by atoms with Crippen molar-refractivity contribution in [1.82, 2.24) is 15.1 Å². The SMILES string of the molecule is CCCCCN1C/C=C\CCC(=O)N[C@@H](C)[C@H](c2ccccc2)OC(=O)[C@H]2[C@@H]3O[C@@]4(C=C3Br)[C@@H]2C(=O)N(CCCCCO)[C@@H]4C1=O. The first kappa shape index (κ1) is 34.3. The van der Waals surface area contributed by atoms with Crippen molar-refractivity contribution in [3.05, 3.63) is 58.6 Å². The number of likely N-dealkylation sites (tertiary alicyclic amines) is 1. The summed E-state index contributed by atoms with van der Waals surface area (Å²) in [4.78, 5) is 59.6. The zero-order valence-electron chi connectivity index (χ0n) is 26.7. The Bertz CT molecular complexity index is 1340.